The van der Waals surface area contributed by atoms with Crippen molar-refractivity contribution in [3.8, 4) is 0 Å². The van der Waals surface area contributed by atoms with E-state index in [1.807, 2.05) is 0 Å². The molecule has 0 radical (unpaired) electrons. The SMILES string of the molecule is COCCC(N)c1ncccn1. The fourth-order valence-corrected chi connectivity index (χ4v) is 0.876. The minimum absolute atomic E-state index is 0.119. The summed E-state index contributed by atoms with van der Waals surface area (Å²) < 4.78 is 4.90. The molecule has 0 saturated carbocycles. The molecular formula is C8H13N3O. The summed E-state index contributed by atoms with van der Waals surface area (Å²) in [6.45, 7) is 0.638. The minimum atomic E-state index is -0.119. The van der Waals surface area contributed by atoms with Crippen LogP contribution in [0.5, 0.6) is 0 Å². The highest BCUT2D eigenvalue weighted by Crippen LogP contribution is 2.06. The van der Waals surface area contributed by atoms with Crippen LogP contribution in [-0.2, 0) is 4.74 Å². The van der Waals surface area contributed by atoms with E-state index in [9.17, 15) is 0 Å². The maximum Gasteiger partial charge on any atom is 0.144 e. The molecule has 1 aromatic heterocycles. The first-order chi connectivity index (χ1) is 5.84. The van der Waals surface area contributed by atoms with Crippen LogP contribution in [0.15, 0.2) is 18.5 Å². The van der Waals surface area contributed by atoms with Crippen LogP contribution in [0.2, 0.25) is 0 Å². The second-order valence-corrected chi connectivity index (χ2v) is 2.49. The Kier molecular flexibility index (Phi) is 3.63. The van der Waals surface area contributed by atoms with Crippen molar-refractivity contribution >= 4 is 0 Å². The Morgan fingerprint density at radius 1 is 1.50 bits per heavy atom. The van der Waals surface area contributed by atoms with Crippen molar-refractivity contribution in [2.45, 2.75) is 12.5 Å². The number of methoxy groups -OCH3 is 1. The molecule has 0 spiro atoms. The molecule has 0 bridgehead atoms. The topological polar surface area (TPSA) is 61.0 Å². The van der Waals surface area contributed by atoms with E-state index in [1.54, 1.807) is 25.6 Å². The maximum atomic E-state index is 5.78. The fraction of sp³-hybridized carbons (Fsp3) is 0.500. The van der Waals surface area contributed by atoms with E-state index >= 15 is 0 Å². The van der Waals surface area contributed by atoms with Gasteiger partial charge >= 0.3 is 0 Å². The molecule has 1 rings (SSSR count). The standard InChI is InChI=1S/C8H13N3O/c1-12-6-3-7(9)8-10-4-2-5-11-8/h2,4-5,7H,3,6,9H2,1H3. The molecular weight excluding hydrogens is 154 g/mol. The van der Waals surface area contributed by atoms with Crippen molar-refractivity contribution in [2.75, 3.05) is 13.7 Å². The number of nitrogens with two attached hydrogens (primary N) is 1. The number of aromatic nitrogens is 2. The quantitative estimate of drug-likeness (QED) is 0.709. The largest absolute Gasteiger partial charge is 0.385 e. The molecule has 4 heteroatoms. The highest BCUT2D eigenvalue weighted by atomic mass is 16.5. The molecule has 0 saturated heterocycles. The molecule has 1 unspecified atom stereocenters. The van der Waals surface area contributed by atoms with Crippen LogP contribution in [0.4, 0.5) is 0 Å². The first-order valence-corrected chi connectivity index (χ1v) is 3.86. The Morgan fingerprint density at radius 3 is 2.75 bits per heavy atom. The highest BCUT2D eigenvalue weighted by molar-refractivity contribution is 4.94. The monoisotopic (exact) mass is 167 g/mol. The van der Waals surface area contributed by atoms with Gasteiger partial charge in [0.25, 0.3) is 0 Å². The second-order valence-electron chi connectivity index (χ2n) is 2.49. The maximum absolute atomic E-state index is 5.78. The van der Waals surface area contributed by atoms with Gasteiger partial charge in [-0.25, -0.2) is 9.97 Å². The van der Waals surface area contributed by atoms with Gasteiger partial charge in [-0.15, -0.1) is 0 Å². The fourth-order valence-electron chi connectivity index (χ4n) is 0.876. The predicted octanol–water partition coefficient (Wildman–Crippen LogP) is 0.513. The van der Waals surface area contributed by atoms with E-state index in [1.165, 1.54) is 0 Å². The van der Waals surface area contributed by atoms with Gasteiger partial charge in [0.05, 0.1) is 6.04 Å². The van der Waals surface area contributed by atoms with E-state index in [0.717, 1.165) is 6.42 Å². The number of rotatable bonds is 4. The smallest absolute Gasteiger partial charge is 0.144 e. The summed E-state index contributed by atoms with van der Waals surface area (Å²) >= 11 is 0. The average molecular weight is 167 g/mol. The Balaban J connectivity index is 2.48. The van der Waals surface area contributed by atoms with E-state index in [2.05, 4.69) is 9.97 Å². The molecule has 1 atom stereocenters. The molecule has 0 aliphatic carbocycles. The molecule has 0 aliphatic heterocycles. The van der Waals surface area contributed by atoms with Crippen LogP contribution in [0.25, 0.3) is 0 Å². The molecule has 0 aromatic carbocycles. The molecule has 0 fully saturated rings. The zero-order valence-corrected chi connectivity index (χ0v) is 7.10. The third kappa shape index (κ3) is 2.56. The Bertz CT molecular complexity index is 215. The average Bonchev–Trinajstić information content (AvgIpc) is 2.15. The van der Waals surface area contributed by atoms with Gasteiger partial charge < -0.3 is 10.5 Å². The molecule has 0 aliphatic rings. The van der Waals surface area contributed by atoms with Gasteiger partial charge in [-0.1, -0.05) is 0 Å². The number of hydrogen-bond acceptors (Lipinski definition) is 4. The molecule has 66 valence electrons. The Morgan fingerprint density at radius 2 is 2.17 bits per heavy atom. The summed E-state index contributed by atoms with van der Waals surface area (Å²) in [4.78, 5) is 8.08. The van der Waals surface area contributed by atoms with Crippen LogP contribution in [0.1, 0.15) is 18.3 Å². The van der Waals surface area contributed by atoms with Crippen molar-refractivity contribution in [1.29, 1.82) is 0 Å². The first-order valence-electron chi connectivity index (χ1n) is 3.86. The van der Waals surface area contributed by atoms with Gasteiger partial charge in [0.15, 0.2) is 0 Å². The molecule has 12 heavy (non-hydrogen) atoms. The van der Waals surface area contributed by atoms with Crippen molar-refractivity contribution in [2.24, 2.45) is 5.73 Å². The predicted molar refractivity (Wildman–Crippen MR) is 45.5 cm³/mol. The zero-order valence-electron chi connectivity index (χ0n) is 7.10. The molecule has 1 aromatic rings. The van der Waals surface area contributed by atoms with Crippen molar-refractivity contribution < 1.29 is 4.74 Å². The summed E-state index contributed by atoms with van der Waals surface area (Å²) in [7, 11) is 1.65. The summed E-state index contributed by atoms with van der Waals surface area (Å²) in [5.41, 5.74) is 5.78. The summed E-state index contributed by atoms with van der Waals surface area (Å²) in [6.07, 6.45) is 4.13. The van der Waals surface area contributed by atoms with E-state index in [4.69, 9.17) is 10.5 Å². The number of nitrogens with zero attached hydrogens (tertiary/aromatic N) is 2. The third-order valence-corrected chi connectivity index (χ3v) is 1.55. The zero-order chi connectivity index (χ0) is 8.81. The summed E-state index contributed by atoms with van der Waals surface area (Å²) in [6, 6.07) is 1.65. The van der Waals surface area contributed by atoms with Crippen LogP contribution in [-0.4, -0.2) is 23.7 Å². The lowest BCUT2D eigenvalue weighted by Gasteiger charge is -2.07. The molecule has 4 nitrogen and oxygen atoms in total. The van der Waals surface area contributed by atoms with Gasteiger partial charge in [-0.3, -0.25) is 0 Å². The lowest BCUT2D eigenvalue weighted by atomic mass is 10.2. The summed E-state index contributed by atoms with van der Waals surface area (Å²) in [5, 5.41) is 0. The molecule has 0 amide bonds. The van der Waals surface area contributed by atoms with Crippen LogP contribution < -0.4 is 5.73 Å². The molecule has 1 heterocycles. The lowest BCUT2D eigenvalue weighted by Crippen LogP contribution is -2.15. The van der Waals surface area contributed by atoms with Crippen molar-refractivity contribution in [3.05, 3.63) is 24.3 Å². The van der Waals surface area contributed by atoms with Gasteiger partial charge in [0.1, 0.15) is 5.82 Å². The number of hydrogen-bond donors (Lipinski definition) is 1. The third-order valence-electron chi connectivity index (χ3n) is 1.55. The van der Waals surface area contributed by atoms with Gasteiger partial charge in [-0.05, 0) is 12.5 Å². The highest BCUT2D eigenvalue weighted by Gasteiger charge is 2.06. The van der Waals surface area contributed by atoms with E-state index in [-0.39, 0.29) is 6.04 Å². The van der Waals surface area contributed by atoms with Gasteiger partial charge in [0, 0.05) is 26.1 Å². The Labute approximate surface area is 71.8 Å². The lowest BCUT2D eigenvalue weighted by molar-refractivity contribution is 0.187. The first kappa shape index (κ1) is 9.09. The van der Waals surface area contributed by atoms with Crippen LogP contribution >= 0.6 is 0 Å². The van der Waals surface area contributed by atoms with Gasteiger partial charge in [0.2, 0.25) is 0 Å². The van der Waals surface area contributed by atoms with E-state index in [0.29, 0.717) is 12.4 Å². The van der Waals surface area contributed by atoms with Gasteiger partial charge in [-0.2, -0.15) is 0 Å². The van der Waals surface area contributed by atoms with Crippen molar-refractivity contribution in [1.82, 2.24) is 9.97 Å². The normalized spacial score (nSPS) is 12.8. The van der Waals surface area contributed by atoms with Crippen molar-refractivity contribution in [3.63, 3.8) is 0 Å². The second kappa shape index (κ2) is 4.79. The minimum Gasteiger partial charge on any atom is -0.385 e. The van der Waals surface area contributed by atoms with E-state index < -0.39 is 0 Å². The van der Waals surface area contributed by atoms with Crippen LogP contribution in [0.3, 0.4) is 0 Å². The summed E-state index contributed by atoms with van der Waals surface area (Å²) in [5.74, 6) is 0.676. The molecule has 2 N–H and O–H groups in total. The number of ether oxygens (including phenoxy) is 1. The van der Waals surface area contributed by atoms with Crippen LogP contribution in [0, 0.1) is 0 Å². The Hall–Kier alpha value is -1.00.